The molecule has 0 unspecified atom stereocenters. The molecule has 2 rings (SSSR count). The molecule has 114 valence electrons. The van der Waals surface area contributed by atoms with Crippen LogP contribution in [0.1, 0.15) is 22.3 Å². The normalized spacial score (nSPS) is 10.1. The van der Waals surface area contributed by atoms with Gasteiger partial charge in [-0.3, -0.25) is 20.4 Å². The molecule has 2 aromatic carbocycles. The molecule has 0 atom stereocenters. The third-order valence-electron chi connectivity index (χ3n) is 3.00. The molecular weight excluding hydrogens is 323 g/mol. The standard InChI is InChI=1S/C16H14Cl2N2O2/c17-13-8-5-12(6-9-13)16(22)20-19-15(21)10-7-11-3-1-2-4-14(11)18/h1-6,8-9H,7,10H2,(H,19,21)(H,20,22). The van der Waals surface area contributed by atoms with Crippen molar-refractivity contribution in [2.45, 2.75) is 12.8 Å². The Hall–Kier alpha value is -2.04. The summed E-state index contributed by atoms with van der Waals surface area (Å²) in [5, 5.41) is 1.17. The lowest BCUT2D eigenvalue weighted by molar-refractivity contribution is -0.121. The maximum absolute atomic E-state index is 11.8. The molecule has 2 amide bonds. The number of aryl methyl sites for hydroxylation is 1. The van der Waals surface area contributed by atoms with Crippen LogP contribution in [0, 0.1) is 0 Å². The number of hydrogen-bond acceptors (Lipinski definition) is 2. The summed E-state index contributed by atoms with van der Waals surface area (Å²) in [6, 6.07) is 13.7. The Morgan fingerprint density at radius 3 is 2.27 bits per heavy atom. The van der Waals surface area contributed by atoms with Crippen molar-refractivity contribution in [3.8, 4) is 0 Å². The van der Waals surface area contributed by atoms with Crippen LogP contribution in [0.25, 0.3) is 0 Å². The predicted octanol–water partition coefficient (Wildman–Crippen LogP) is 3.39. The Labute approximate surface area is 138 Å². The number of carbonyl (C=O) groups is 2. The van der Waals surface area contributed by atoms with E-state index in [2.05, 4.69) is 10.9 Å². The minimum absolute atomic E-state index is 0.227. The summed E-state index contributed by atoms with van der Waals surface area (Å²) < 4.78 is 0. The molecule has 0 aliphatic carbocycles. The van der Waals surface area contributed by atoms with Crippen molar-refractivity contribution in [3.05, 3.63) is 69.7 Å². The van der Waals surface area contributed by atoms with E-state index in [1.807, 2.05) is 18.2 Å². The van der Waals surface area contributed by atoms with Gasteiger partial charge in [0.15, 0.2) is 0 Å². The monoisotopic (exact) mass is 336 g/mol. The number of benzene rings is 2. The molecule has 22 heavy (non-hydrogen) atoms. The highest BCUT2D eigenvalue weighted by molar-refractivity contribution is 6.31. The zero-order valence-corrected chi connectivity index (χ0v) is 13.1. The highest BCUT2D eigenvalue weighted by Gasteiger charge is 2.08. The van der Waals surface area contributed by atoms with E-state index in [-0.39, 0.29) is 12.3 Å². The molecule has 2 aromatic rings. The van der Waals surface area contributed by atoms with Crippen LogP contribution in [0.5, 0.6) is 0 Å². The summed E-state index contributed by atoms with van der Waals surface area (Å²) in [5.41, 5.74) is 6.03. The Morgan fingerprint density at radius 1 is 0.909 bits per heavy atom. The van der Waals surface area contributed by atoms with Crippen molar-refractivity contribution in [2.24, 2.45) is 0 Å². The maximum atomic E-state index is 11.8. The zero-order chi connectivity index (χ0) is 15.9. The van der Waals surface area contributed by atoms with Crippen molar-refractivity contribution in [2.75, 3.05) is 0 Å². The minimum Gasteiger partial charge on any atom is -0.273 e. The smallest absolute Gasteiger partial charge is 0.269 e. The molecular formula is C16H14Cl2N2O2. The molecule has 2 N–H and O–H groups in total. The Bertz CT molecular complexity index is 672. The second-order valence-electron chi connectivity index (χ2n) is 4.60. The Balaban J connectivity index is 1.79. The van der Waals surface area contributed by atoms with Crippen molar-refractivity contribution < 1.29 is 9.59 Å². The fraction of sp³-hybridized carbons (Fsp3) is 0.125. The number of halogens is 2. The van der Waals surface area contributed by atoms with Gasteiger partial charge in [-0.15, -0.1) is 0 Å². The van der Waals surface area contributed by atoms with Gasteiger partial charge >= 0.3 is 0 Å². The van der Waals surface area contributed by atoms with Crippen LogP contribution in [0.4, 0.5) is 0 Å². The van der Waals surface area contributed by atoms with Crippen LogP contribution in [0.2, 0.25) is 10.0 Å². The summed E-state index contributed by atoms with van der Waals surface area (Å²) in [7, 11) is 0. The third-order valence-corrected chi connectivity index (χ3v) is 3.62. The quantitative estimate of drug-likeness (QED) is 0.841. The Kier molecular flexibility index (Phi) is 5.81. The molecule has 0 radical (unpaired) electrons. The van der Waals surface area contributed by atoms with Crippen LogP contribution in [-0.4, -0.2) is 11.8 Å². The van der Waals surface area contributed by atoms with Crippen molar-refractivity contribution in [1.82, 2.24) is 10.9 Å². The average Bonchev–Trinajstić information content (AvgIpc) is 2.52. The van der Waals surface area contributed by atoms with Gasteiger partial charge in [-0.05, 0) is 42.3 Å². The summed E-state index contributed by atoms with van der Waals surface area (Å²) in [6.07, 6.45) is 0.729. The second-order valence-corrected chi connectivity index (χ2v) is 5.44. The second kappa shape index (κ2) is 7.82. The maximum Gasteiger partial charge on any atom is 0.269 e. The van der Waals surface area contributed by atoms with E-state index in [0.29, 0.717) is 22.0 Å². The van der Waals surface area contributed by atoms with Gasteiger partial charge in [-0.2, -0.15) is 0 Å². The molecule has 0 saturated heterocycles. The van der Waals surface area contributed by atoms with Crippen molar-refractivity contribution in [1.29, 1.82) is 0 Å². The van der Waals surface area contributed by atoms with E-state index < -0.39 is 5.91 Å². The molecule has 0 saturated carbocycles. The molecule has 4 nitrogen and oxygen atoms in total. The summed E-state index contributed by atoms with van der Waals surface area (Å²) >= 11 is 11.8. The zero-order valence-electron chi connectivity index (χ0n) is 11.6. The molecule has 0 aliphatic heterocycles. The first-order chi connectivity index (χ1) is 10.6. The number of rotatable bonds is 4. The molecule has 0 fully saturated rings. The van der Waals surface area contributed by atoms with Gasteiger partial charge in [-0.1, -0.05) is 41.4 Å². The molecule has 0 aliphatic rings. The van der Waals surface area contributed by atoms with Crippen LogP contribution in [-0.2, 0) is 11.2 Å². The first-order valence-electron chi connectivity index (χ1n) is 6.64. The van der Waals surface area contributed by atoms with E-state index in [1.165, 1.54) is 0 Å². The minimum atomic E-state index is -0.400. The van der Waals surface area contributed by atoms with Crippen LogP contribution < -0.4 is 10.9 Å². The van der Waals surface area contributed by atoms with Crippen LogP contribution in [0.15, 0.2) is 48.5 Å². The van der Waals surface area contributed by atoms with Gasteiger partial charge < -0.3 is 0 Å². The topological polar surface area (TPSA) is 58.2 Å². The Morgan fingerprint density at radius 2 is 1.59 bits per heavy atom. The SMILES string of the molecule is O=C(CCc1ccccc1Cl)NNC(=O)c1ccc(Cl)cc1. The predicted molar refractivity (Wildman–Crippen MR) is 86.8 cm³/mol. The fourth-order valence-electron chi connectivity index (χ4n) is 1.81. The molecule has 0 bridgehead atoms. The average molecular weight is 337 g/mol. The first kappa shape index (κ1) is 16.3. The van der Waals surface area contributed by atoms with E-state index in [0.717, 1.165) is 5.56 Å². The van der Waals surface area contributed by atoms with Gasteiger partial charge in [0.2, 0.25) is 5.91 Å². The lowest BCUT2D eigenvalue weighted by atomic mass is 10.1. The number of carbonyl (C=O) groups excluding carboxylic acids is 2. The van der Waals surface area contributed by atoms with Crippen LogP contribution >= 0.6 is 23.2 Å². The number of hydrogen-bond donors (Lipinski definition) is 2. The third kappa shape index (κ3) is 4.76. The highest BCUT2D eigenvalue weighted by atomic mass is 35.5. The summed E-state index contributed by atoms with van der Waals surface area (Å²) in [4.78, 5) is 23.5. The fourth-order valence-corrected chi connectivity index (χ4v) is 2.17. The summed E-state index contributed by atoms with van der Waals surface area (Å²) in [5.74, 6) is -0.690. The van der Waals surface area contributed by atoms with Crippen LogP contribution in [0.3, 0.4) is 0 Å². The lowest BCUT2D eigenvalue weighted by Gasteiger charge is -2.08. The largest absolute Gasteiger partial charge is 0.273 e. The lowest BCUT2D eigenvalue weighted by Crippen LogP contribution is -2.41. The van der Waals surface area contributed by atoms with E-state index in [9.17, 15) is 9.59 Å². The van der Waals surface area contributed by atoms with E-state index in [1.54, 1.807) is 30.3 Å². The number of amides is 2. The van der Waals surface area contributed by atoms with E-state index in [4.69, 9.17) is 23.2 Å². The first-order valence-corrected chi connectivity index (χ1v) is 7.40. The van der Waals surface area contributed by atoms with Gasteiger partial charge in [0, 0.05) is 22.0 Å². The molecule has 0 aromatic heterocycles. The number of hydrazine groups is 1. The van der Waals surface area contributed by atoms with E-state index >= 15 is 0 Å². The molecule has 0 heterocycles. The van der Waals surface area contributed by atoms with Gasteiger partial charge in [-0.25, -0.2) is 0 Å². The van der Waals surface area contributed by atoms with Gasteiger partial charge in [0.05, 0.1) is 0 Å². The van der Waals surface area contributed by atoms with Crippen molar-refractivity contribution in [3.63, 3.8) is 0 Å². The van der Waals surface area contributed by atoms with Crippen molar-refractivity contribution >= 4 is 35.0 Å². The van der Waals surface area contributed by atoms with Gasteiger partial charge in [0.1, 0.15) is 0 Å². The molecule has 0 spiro atoms. The number of nitrogens with one attached hydrogen (secondary N) is 2. The molecule has 6 heteroatoms. The van der Waals surface area contributed by atoms with Gasteiger partial charge in [0.25, 0.3) is 5.91 Å². The highest BCUT2D eigenvalue weighted by Crippen LogP contribution is 2.16. The summed E-state index contributed by atoms with van der Waals surface area (Å²) in [6.45, 7) is 0.